The molecule has 0 radical (unpaired) electrons. The first-order chi connectivity index (χ1) is 8.08. The molecule has 3 atom stereocenters. The molecule has 2 fully saturated rings. The van der Waals surface area contributed by atoms with Crippen LogP contribution in [0.15, 0.2) is 0 Å². The monoisotopic (exact) mass is 240 g/mol. The molecule has 2 rings (SSSR count). The number of hydrogen-bond acceptors (Lipinski definition) is 3. The second-order valence-corrected chi connectivity index (χ2v) is 5.26. The van der Waals surface area contributed by atoms with Crippen molar-refractivity contribution in [3.63, 3.8) is 0 Å². The molecule has 1 aliphatic heterocycles. The van der Waals surface area contributed by atoms with Crippen molar-refractivity contribution in [2.75, 3.05) is 13.1 Å². The van der Waals surface area contributed by atoms with Crippen molar-refractivity contribution in [3.05, 3.63) is 0 Å². The Labute approximate surface area is 101 Å². The minimum Gasteiger partial charge on any atom is -0.481 e. The Kier molecular flexibility index (Phi) is 3.66. The molecule has 96 valence electrons. The number of aliphatic carboxylic acids is 1. The van der Waals surface area contributed by atoms with Crippen LogP contribution >= 0.6 is 0 Å². The molecule has 1 amide bonds. The summed E-state index contributed by atoms with van der Waals surface area (Å²) in [5, 5.41) is 15.0. The summed E-state index contributed by atoms with van der Waals surface area (Å²) in [6.45, 7) is 3.78. The normalized spacial score (nSPS) is 30.6. The fraction of sp³-hybridized carbons (Fsp3) is 0.833. The summed E-state index contributed by atoms with van der Waals surface area (Å²) in [4.78, 5) is 22.7. The van der Waals surface area contributed by atoms with Crippen molar-refractivity contribution in [1.29, 1.82) is 0 Å². The van der Waals surface area contributed by atoms with E-state index in [-0.39, 0.29) is 23.8 Å². The first kappa shape index (κ1) is 12.4. The number of carbonyl (C=O) groups excluding carboxylic acids is 1. The van der Waals surface area contributed by atoms with Gasteiger partial charge in [-0.2, -0.15) is 0 Å². The maximum atomic E-state index is 11.9. The van der Waals surface area contributed by atoms with Gasteiger partial charge in [-0.3, -0.25) is 9.59 Å². The molecule has 0 bridgehead atoms. The number of hydrogen-bond donors (Lipinski definition) is 3. The van der Waals surface area contributed by atoms with Gasteiger partial charge in [0.05, 0.1) is 5.92 Å². The van der Waals surface area contributed by atoms with Gasteiger partial charge in [0.15, 0.2) is 0 Å². The van der Waals surface area contributed by atoms with E-state index in [1.54, 1.807) is 0 Å². The van der Waals surface area contributed by atoms with Crippen molar-refractivity contribution in [3.8, 4) is 0 Å². The average Bonchev–Trinajstić information content (AvgIpc) is 2.63. The molecule has 3 N–H and O–H groups in total. The second kappa shape index (κ2) is 5.04. The van der Waals surface area contributed by atoms with Gasteiger partial charge < -0.3 is 15.7 Å². The molecule has 2 aliphatic rings. The van der Waals surface area contributed by atoms with Crippen LogP contribution in [0.3, 0.4) is 0 Å². The van der Waals surface area contributed by atoms with E-state index in [9.17, 15) is 9.59 Å². The zero-order valence-electron chi connectivity index (χ0n) is 10.1. The quantitative estimate of drug-likeness (QED) is 0.656. The Bertz CT molecular complexity index is 315. The maximum absolute atomic E-state index is 11.9. The number of carbonyl (C=O) groups is 2. The van der Waals surface area contributed by atoms with Gasteiger partial charge in [0.1, 0.15) is 0 Å². The molecule has 1 heterocycles. The SMILES string of the molecule is CC(C(=O)N[C@H]1CC[C@@H](C(=O)O)C1)C1CNC1. The zero-order chi connectivity index (χ0) is 12.4. The van der Waals surface area contributed by atoms with Crippen LogP contribution in [-0.2, 0) is 9.59 Å². The van der Waals surface area contributed by atoms with Gasteiger partial charge in [-0.15, -0.1) is 0 Å². The van der Waals surface area contributed by atoms with Gasteiger partial charge in [-0.25, -0.2) is 0 Å². The van der Waals surface area contributed by atoms with Crippen LogP contribution in [0.25, 0.3) is 0 Å². The molecule has 0 aromatic heterocycles. The van der Waals surface area contributed by atoms with E-state index in [0.717, 1.165) is 19.5 Å². The highest BCUT2D eigenvalue weighted by atomic mass is 16.4. The molecule has 5 nitrogen and oxygen atoms in total. The molecular formula is C12H20N2O3. The number of amides is 1. The Balaban J connectivity index is 1.77. The first-order valence-electron chi connectivity index (χ1n) is 6.32. The van der Waals surface area contributed by atoms with E-state index in [1.807, 2.05) is 6.92 Å². The smallest absolute Gasteiger partial charge is 0.306 e. The number of nitrogens with one attached hydrogen (secondary N) is 2. The Morgan fingerprint density at radius 3 is 2.53 bits per heavy atom. The van der Waals surface area contributed by atoms with Crippen LogP contribution in [0.1, 0.15) is 26.2 Å². The van der Waals surface area contributed by atoms with E-state index >= 15 is 0 Å². The molecule has 0 aromatic carbocycles. The third kappa shape index (κ3) is 2.77. The molecule has 1 aliphatic carbocycles. The summed E-state index contributed by atoms with van der Waals surface area (Å²) < 4.78 is 0. The second-order valence-electron chi connectivity index (χ2n) is 5.26. The summed E-state index contributed by atoms with van der Waals surface area (Å²) in [5.74, 6) is -0.474. The Hall–Kier alpha value is -1.10. The molecule has 17 heavy (non-hydrogen) atoms. The Morgan fingerprint density at radius 2 is 2.06 bits per heavy atom. The number of carboxylic acid groups (broad SMARTS) is 1. The summed E-state index contributed by atoms with van der Waals surface area (Å²) in [7, 11) is 0. The van der Waals surface area contributed by atoms with Crippen LogP contribution in [0, 0.1) is 17.8 Å². The van der Waals surface area contributed by atoms with E-state index in [1.165, 1.54) is 0 Å². The Morgan fingerprint density at radius 1 is 1.35 bits per heavy atom. The van der Waals surface area contributed by atoms with E-state index in [2.05, 4.69) is 10.6 Å². The van der Waals surface area contributed by atoms with Crippen LogP contribution in [0.4, 0.5) is 0 Å². The third-order valence-corrected chi connectivity index (χ3v) is 4.06. The fourth-order valence-corrected chi connectivity index (χ4v) is 2.55. The molecule has 1 unspecified atom stereocenters. The minimum absolute atomic E-state index is 0.0279. The van der Waals surface area contributed by atoms with Crippen molar-refractivity contribution in [1.82, 2.24) is 10.6 Å². The molecule has 5 heteroatoms. The summed E-state index contributed by atoms with van der Waals surface area (Å²) >= 11 is 0. The minimum atomic E-state index is -0.738. The van der Waals surface area contributed by atoms with E-state index in [0.29, 0.717) is 18.8 Å². The maximum Gasteiger partial charge on any atom is 0.306 e. The summed E-state index contributed by atoms with van der Waals surface area (Å²) in [6.07, 6.45) is 2.05. The molecule has 1 saturated heterocycles. The van der Waals surface area contributed by atoms with Crippen LogP contribution in [0.5, 0.6) is 0 Å². The topological polar surface area (TPSA) is 78.4 Å². The van der Waals surface area contributed by atoms with E-state index in [4.69, 9.17) is 5.11 Å². The highest BCUT2D eigenvalue weighted by Gasteiger charge is 2.33. The lowest BCUT2D eigenvalue weighted by atomic mass is 9.88. The third-order valence-electron chi connectivity index (χ3n) is 4.06. The highest BCUT2D eigenvalue weighted by Crippen LogP contribution is 2.26. The number of rotatable bonds is 4. The van der Waals surface area contributed by atoms with Crippen molar-refractivity contribution < 1.29 is 14.7 Å². The summed E-state index contributed by atoms with van der Waals surface area (Å²) in [6, 6.07) is 0.0547. The zero-order valence-corrected chi connectivity index (χ0v) is 10.1. The molecule has 1 saturated carbocycles. The van der Waals surface area contributed by atoms with E-state index < -0.39 is 5.97 Å². The lowest BCUT2D eigenvalue weighted by Gasteiger charge is -2.32. The van der Waals surface area contributed by atoms with Crippen molar-refractivity contribution >= 4 is 11.9 Å². The fourth-order valence-electron chi connectivity index (χ4n) is 2.55. The predicted octanol–water partition coefficient (Wildman–Crippen LogP) is 0.211. The average molecular weight is 240 g/mol. The van der Waals surface area contributed by atoms with Crippen LogP contribution in [0.2, 0.25) is 0 Å². The molecular weight excluding hydrogens is 220 g/mol. The highest BCUT2D eigenvalue weighted by molar-refractivity contribution is 5.79. The largest absolute Gasteiger partial charge is 0.481 e. The van der Waals surface area contributed by atoms with Gasteiger partial charge in [-0.05, 0) is 38.3 Å². The van der Waals surface area contributed by atoms with Crippen LogP contribution < -0.4 is 10.6 Å². The van der Waals surface area contributed by atoms with Crippen molar-refractivity contribution in [2.45, 2.75) is 32.2 Å². The summed E-state index contributed by atoms with van der Waals surface area (Å²) in [5.41, 5.74) is 0. The lowest BCUT2D eigenvalue weighted by Crippen LogP contribution is -2.50. The number of carboxylic acids is 1. The van der Waals surface area contributed by atoms with Crippen molar-refractivity contribution in [2.24, 2.45) is 17.8 Å². The molecule has 0 aromatic rings. The van der Waals surface area contributed by atoms with Gasteiger partial charge in [-0.1, -0.05) is 6.92 Å². The predicted molar refractivity (Wildman–Crippen MR) is 62.4 cm³/mol. The lowest BCUT2D eigenvalue weighted by molar-refractivity contribution is -0.141. The van der Waals surface area contributed by atoms with Gasteiger partial charge >= 0.3 is 5.97 Å². The van der Waals surface area contributed by atoms with Crippen LogP contribution in [-0.4, -0.2) is 36.1 Å². The molecule has 0 spiro atoms. The van der Waals surface area contributed by atoms with Gasteiger partial charge in [0.2, 0.25) is 5.91 Å². The first-order valence-corrected chi connectivity index (χ1v) is 6.32. The standard InChI is InChI=1S/C12H20N2O3/c1-7(9-5-13-6-9)11(15)14-10-3-2-8(4-10)12(16)17/h7-10,13H,2-6H2,1H3,(H,14,15)(H,16,17)/t7?,8-,10+/m1/s1. The van der Waals surface area contributed by atoms with Gasteiger partial charge in [0, 0.05) is 12.0 Å². The van der Waals surface area contributed by atoms with Gasteiger partial charge in [0.25, 0.3) is 0 Å².